The maximum atomic E-state index is 11.6. The van der Waals surface area contributed by atoms with Crippen LogP contribution in [0.2, 0.25) is 0 Å². The lowest BCUT2D eigenvalue weighted by Crippen LogP contribution is -2.22. The van der Waals surface area contributed by atoms with Crippen molar-refractivity contribution in [1.29, 1.82) is 0 Å². The number of benzene rings is 1. The number of hydrogen-bond acceptors (Lipinski definition) is 2. The summed E-state index contributed by atoms with van der Waals surface area (Å²) in [6, 6.07) is 10.5. The highest BCUT2D eigenvalue weighted by atomic mass is 16.1. The number of hydrogen-bond donors (Lipinski definition) is 0. The third-order valence-electron chi connectivity index (χ3n) is 3.94. The van der Waals surface area contributed by atoms with Crippen LogP contribution in [0.4, 0.5) is 0 Å². The third kappa shape index (κ3) is 1.78. The molecule has 16 heavy (non-hydrogen) atoms. The summed E-state index contributed by atoms with van der Waals surface area (Å²) in [6.07, 6.45) is 1.95. The molecule has 2 aliphatic rings. The van der Waals surface area contributed by atoms with Gasteiger partial charge in [-0.25, -0.2) is 0 Å². The van der Waals surface area contributed by atoms with Crippen molar-refractivity contribution in [2.45, 2.75) is 19.4 Å². The normalized spacial score (nSPS) is 29.6. The Morgan fingerprint density at radius 3 is 2.75 bits per heavy atom. The molecule has 84 valence electrons. The van der Waals surface area contributed by atoms with Gasteiger partial charge in [0.2, 0.25) is 0 Å². The van der Waals surface area contributed by atoms with Gasteiger partial charge >= 0.3 is 0 Å². The van der Waals surface area contributed by atoms with Gasteiger partial charge in [-0.3, -0.25) is 9.69 Å². The number of fused-ring (bicyclic) bond motifs is 1. The Labute approximate surface area is 96.3 Å². The fraction of sp³-hybridized carbons (Fsp3) is 0.500. The Hall–Kier alpha value is -1.15. The van der Waals surface area contributed by atoms with Gasteiger partial charge in [0.1, 0.15) is 5.78 Å². The van der Waals surface area contributed by atoms with Gasteiger partial charge in [-0.15, -0.1) is 0 Å². The van der Waals surface area contributed by atoms with E-state index >= 15 is 0 Å². The fourth-order valence-electron chi connectivity index (χ4n) is 3.10. The molecule has 2 nitrogen and oxygen atoms in total. The molecule has 0 unspecified atom stereocenters. The second-order valence-electron chi connectivity index (χ2n) is 5.05. The molecule has 0 spiro atoms. The third-order valence-corrected chi connectivity index (χ3v) is 3.94. The van der Waals surface area contributed by atoms with Crippen LogP contribution in [0.5, 0.6) is 0 Å². The number of likely N-dealkylation sites (tertiary alicyclic amines) is 1. The summed E-state index contributed by atoms with van der Waals surface area (Å²) in [5.74, 6) is 1.50. The summed E-state index contributed by atoms with van der Waals surface area (Å²) in [5, 5.41) is 0. The lowest BCUT2D eigenvalue weighted by molar-refractivity contribution is -0.120. The van der Waals surface area contributed by atoms with Crippen LogP contribution in [-0.2, 0) is 11.3 Å². The van der Waals surface area contributed by atoms with E-state index in [1.54, 1.807) is 0 Å². The first-order valence-electron chi connectivity index (χ1n) is 6.12. The van der Waals surface area contributed by atoms with E-state index in [1.807, 2.05) is 6.07 Å². The van der Waals surface area contributed by atoms with Crippen LogP contribution in [-0.4, -0.2) is 23.8 Å². The Morgan fingerprint density at radius 1 is 1.19 bits per heavy atom. The SMILES string of the molecule is O=C1CC[C@H]2CN(Cc3ccccc3)C[C@H]12. The van der Waals surface area contributed by atoms with Crippen LogP contribution in [0.25, 0.3) is 0 Å². The molecule has 2 heteroatoms. The second-order valence-corrected chi connectivity index (χ2v) is 5.05. The van der Waals surface area contributed by atoms with E-state index in [0.29, 0.717) is 17.6 Å². The van der Waals surface area contributed by atoms with Gasteiger partial charge in [0.15, 0.2) is 0 Å². The first-order valence-corrected chi connectivity index (χ1v) is 6.12. The topological polar surface area (TPSA) is 20.3 Å². The number of rotatable bonds is 2. The molecule has 0 bridgehead atoms. The zero-order chi connectivity index (χ0) is 11.0. The van der Waals surface area contributed by atoms with E-state index in [2.05, 4.69) is 29.2 Å². The van der Waals surface area contributed by atoms with Crippen molar-refractivity contribution < 1.29 is 4.79 Å². The van der Waals surface area contributed by atoms with Crippen molar-refractivity contribution >= 4 is 5.78 Å². The second kappa shape index (κ2) is 4.02. The van der Waals surface area contributed by atoms with Crippen LogP contribution < -0.4 is 0 Å². The molecule has 1 aliphatic heterocycles. The van der Waals surface area contributed by atoms with Crippen molar-refractivity contribution in [3.63, 3.8) is 0 Å². The van der Waals surface area contributed by atoms with Gasteiger partial charge in [-0.05, 0) is 17.9 Å². The largest absolute Gasteiger partial charge is 0.299 e. The van der Waals surface area contributed by atoms with E-state index in [4.69, 9.17) is 0 Å². The molecule has 1 aliphatic carbocycles. The minimum Gasteiger partial charge on any atom is -0.299 e. The van der Waals surface area contributed by atoms with E-state index in [-0.39, 0.29) is 0 Å². The highest BCUT2D eigenvalue weighted by Gasteiger charge is 2.41. The maximum absolute atomic E-state index is 11.6. The molecule has 0 amide bonds. The summed E-state index contributed by atoms with van der Waals surface area (Å²) in [4.78, 5) is 14.1. The first kappa shape index (κ1) is 10.0. The molecule has 3 rings (SSSR count). The van der Waals surface area contributed by atoms with Gasteiger partial charge in [0, 0.05) is 32.0 Å². The van der Waals surface area contributed by atoms with Crippen molar-refractivity contribution in [2.75, 3.05) is 13.1 Å². The molecule has 0 aromatic heterocycles. The van der Waals surface area contributed by atoms with E-state index < -0.39 is 0 Å². The van der Waals surface area contributed by atoms with Crippen LogP contribution in [0.1, 0.15) is 18.4 Å². The molecule has 1 aromatic carbocycles. The summed E-state index contributed by atoms with van der Waals surface area (Å²) in [6.45, 7) is 3.10. The average molecular weight is 215 g/mol. The Bertz CT molecular complexity index is 387. The molecule has 2 atom stereocenters. The number of nitrogens with zero attached hydrogens (tertiary/aromatic N) is 1. The first-order chi connectivity index (χ1) is 7.83. The minimum absolute atomic E-state index is 0.351. The summed E-state index contributed by atoms with van der Waals surface area (Å²) in [7, 11) is 0. The Morgan fingerprint density at radius 2 is 2.00 bits per heavy atom. The molecule has 0 radical (unpaired) electrons. The van der Waals surface area contributed by atoms with Crippen LogP contribution in [0.3, 0.4) is 0 Å². The zero-order valence-corrected chi connectivity index (χ0v) is 9.43. The molecule has 1 saturated heterocycles. The fourth-order valence-corrected chi connectivity index (χ4v) is 3.10. The van der Waals surface area contributed by atoms with E-state index in [1.165, 1.54) is 5.56 Å². The van der Waals surface area contributed by atoms with Gasteiger partial charge in [-0.1, -0.05) is 30.3 Å². The lowest BCUT2D eigenvalue weighted by atomic mass is 10.0. The standard InChI is InChI=1S/C14H17NO/c16-14-7-6-12-9-15(10-13(12)14)8-11-4-2-1-3-5-11/h1-5,12-13H,6-10H2/t12-,13-/m0/s1. The van der Waals surface area contributed by atoms with Gasteiger partial charge < -0.3 is 0 Å². The van der Waals surface area contributed by atoms with E-state index in [0.717, 1.165) is 32.5 Å². The quantitative estimate of drug-likeness (QED) is 0.753. The monoisotopic (exact) mass is 215 g/mol. The highest BCUT2D eigenvalue weighted by molar-refractivity contribution is 5.84. The average Bonchev–Trinajstić information content (AvgIpc) is 2.83. The number of Topliss-reactive ketones (excluding diaryl/α,β-unsaturated/α-hetero) is 1. The van der Waals surface area contributed by atoms with Crippen molar-refractivity contribution in [1.82, 2.24) is 4.90 Å². The number of ketones is 1. The van der Waals surface area contributed by atoms with Crippen molar-refractivity contribution in [2.24, 2.45) is 11.8 Å². The molecule has 1 saturated carbocycles. The van der Waals surface area contributed by atoms with Crippen molar-refractivity contribution in [3.05, 3.63) is 35.9 Å². The molecular formula is C14H17NO. The van der Waals surface area contributed by atoms with Crippen LogP contribution in [0, 0.1) is 11.8 Å². The smallest absolute Gasteiger partial charge is 0.137 e. The highest BCUT2D eigenvalue weighted by Crippen LogP contribution is 2.35. The zero-order valence-electron chi connectivity index (χ0n) is 9.43. The molecule has 1 aromatic rings. The Kier molecular flexibility index (Phi) is 2.52. The van der Waals surface area contributed by atoms with E-state index in [9.17, 15) is 4.79 Å². The lowest BCUT2D eigenvalue weighted by Gasteiger charge is -2.16. The van der Waals surface area contributed by atoms with Crippen LogP contribution in [0.15, 0.2) is 30.3 Å². The minimum atomic E-state index is 0.351. The number of carbonyl (C=O) groups excluding carboxylic acids is 1. The molecule has 1 heterocycles. The molecular weight excluding hydrogens is 198 g/mol. The van der Waals surface area contributed by atoms with Gasteiger partial charge in [0.05, 0.1) is 0 Å². The Balaban J connectivity index is 1.65. The molecule has 0 N–H and O–H groups in total. The van der Waals surface area contributed by atoms with Gasteiger partial charge in [-0.2, -0.15) is 0 Å². The summed E-state index contributed by atoms with van der Waals surface area (Å²) in [5.41, 5.74) is 1.36. The molecule has 2 fully saturated rings. The van der Waals surface area contributed by atoms with Crippen molar-refractivity contribution in [3.8, 4) is 0 Å². The van der Waals surface area contributed by atoms with Crippen LogP contribution >= 0.6 is 0 Å². The maximum Gasteiger partial charge on any atom is 0.137 e. The predicted molar refractivity (Wildman–Crippen MR) is 62.9 cm³/mol. The summed E-state index contributed by atoms with van der Waals surface area (Å²) < 4.78 is 0. The predicted octanol–water partition coefficient (Wildman–Crippen LogP) is 2.10. The summed E-state index contributed by atoms with van der Waals surface area (Å²) >= 11 is 0. The number of carbonyl (C=O) groups is 1. The van der Waals surface area contributed by atoms with Gasteiger partial charge in [0.25, 0.3) is 0 Å².